The zero-order valence-corrected chi connectivity index (χ0v) is 22.3. The first-order valence-corrected chi connectivity index (χ1v) is 12.8. The zero-order valence-electron chi connectivity index (χ0n) is 22.3. The predicted molar refractivity (Wildman–Crippen MR) is 153 cm³/mol. The van der Waals surface area contributed by atoms with Crippen molar-refractivity contribution in [3.8, 4) is 23.3 Å². The molecule has 0 fully saturated rings. The number of benzene rings is 4. The molecule has 9 nitrogen and oxygen atoms in total. The lowest BCUT2D eigenvalue weighted by Gasteiger charge is -2.24. The number of aromatic hydroxyl groups is 1. The highest BCUT2D eigenvalue weighted by Crippen LogP contribution is 2.32. The molecule has 208 valence electrons. The molecular weight excluding hydrogens is 522 g/mol. The van der Waals surface area contributed by atoms with Gasteiger partial charge in [-0.25, -0.2) is 4.79 Å². The van der Waals surface area contributed by atoms with E-state index in [1.54, 1.807) is 54.6 Å². The number of nitrogens with zero attached hydrogens (tertiary/aromatic N) is 1. The second kappa shape index (κ2) is 13.5. The molecular formula is C32H29N3O6. The number of phenols is 1. The van der Waals surface area contributed by atoms with E-state index in [1.807, 2.05) is 30.3 Å². The third-order valence-electron chi connectivity index (χ3n) is 6.34. The van der Waals surface area contributed by atoms with Crippen molar-refractivity contribution in [3.05, 3.63) is 119 Å². The number of anilines is 1. The molecule has 41 heavy (non-hydrogen) atoms. The van der Waals surface area contributed by atoms with Gasteiger partial charge >= 0.3 is 5.97 Å². The molecule has 0 saturated carbocycles. The smallest absolute Gasteiger partial charge is 0.326 e. The maximum atomic E-state index is 13.6. The van der Waals surface area contributed by atoms with Gasteiger partial charge in [0.05, 0.1) is 18.7 Å². The minimum Gasteiger partial charge on any atom is -0.508 e. The molecule has 4 aromatic carbocycles. The number of carbonyl (C=O) groups is 2. The van der Waals surface area contributed by atoms with Gasteiger partial charge in [0.25, 0.3) is 0 Å². The first kappa shape index (κ1) is 28.5. The predicted octanol–water partition coefficient (Wildman–Crippen LogP) is 4.82. The minimum atomic E-state index is -1.23. The Kier molecular flexibility index (Phi) is 9.41. The molecule has 9 heteroatoms. The molecule has 2 atom stereocenters. The number of nitriles is 1. The van der Waals surface area contributed by atoms with Crippen LogP contribution in [0.1, 0.15) is 28.3 Å². The molecule has 0 aromatic heterocycles. The highest BCUT2D eigenvalue weighted by molar-refractivity contribution is 5.90. The van der Waals surface area contributed by atoms with Gasteiger partial charge in [-0.3, -0.25) is 4.79 Å². The molecule has 0 bridgehead atoms. The quantitative estimate of drug-likeness (QED) is 0.197. The number of carboxylic acid groups (broad SMARTS) is 1. The van der Waals surface area contributed by atoms with E-state index in [-0.39, 0.29) is 12.2 Å². The molecule has 4 rings (SSSR count). The molecule has 0 aliphatic heterocycles. The Morgan fingerprint density at radius 1 is 0.902 bits per heavy atom. The lowest BCUT2D eigenvalue weighted by atomic mass is 10.0. The highest BCUT2D eigenvalue weighted by Gasteiger charge is 2.28. The fourth-order valence-corrected chi connectivity index (χ4v) is 4.15. The molecule has 0 aliphatic rings. The summed E-state index contributed by atoms with van der Waals surface area (Å²) in [5.41, 5.74) is 3.13. The molecule has 1 unspecified atom stereocenters. The van der Waals surface area contributed by atoms with Crippen LogP contribution >= 0.6 is 0 Å². The van der Waals surface area contributed by atoms with E-state index in [1.165, 1.54) is 19.2 Å². The van der Waals surface area contributed by atoms with Gasteiger partial charge in [0.15, 0.2) is 11.5 Å². The third kappa shape index (κ3) is 7.77. The minimum absolute atomic E-state index is 0.0144. The van der Waals surface area contributed by atoms with Crippen molar-refractivity contribution in [1.82, 2.24) is 5.32 Å². The van der Waals surface area contributed by atoms with Gasteiger partial charge in [-0.05, 0) is 65.2 Å². The largest absolute Gasteiger partial charge is 0.508 e. The number of ether oxygens (including phenoxy) is 2. The molecule has 0 aliphatic carbocycles. The monoisotopic (exact) mass is 551 g/mol. The SMILES string of the molecule is COc1cc([C@H](Nc2ccc(C#N)cc2)C(=O)NC(Cc2ccc(O)cc2)C(=O)O)ccc1OCc1ccccc1. The van der Waals surface area contributed by atoms with Crippen LogP contribution in [0.3, 0.4) is 0 Å². The van der Waals surface area contributed by atoms with Gasteiger partial charge in [0, 0.05) is 12.1 Å². The molecule has 4 aromatic rings. The Hall–Kier alpha value is -5.49. The Morgan fingerprint density at radius 3 is 2.24 bits per heavy atom. The number of carbonyl (C=O) groups excluding carboxylic acids is 1. The topological polar surface area (TPSA) is 141 Å². The first-order chi connectivity index (χ1) is 19.9. The lowest BCUT2D eigenvalue weighted by molar-refractivity contribution is -0.141. The fraction of sp³-hybridized carbons (Fsp3) is 0.156. The number of rotatable bonds is 12. The summed E-state index contributed by atoms with van der Waals surface area (Å²) in [6, 6.07) is 27.2. The third-order valence-corrected chi connectivity index (χ3v) is 6.34. The van der Waals surface area contributed by atoms with Crippen LogP contribution in [0.25, 0.3) is 0 Å². The second-order valence-corrected chi connectivity index (χ2v) is 9.22. The number of amides is 1. The summed E-state index contributed by atoms with van der Waals surface area (Å²) in [5.74, 6) is -0.849. The number of methoxy groups -OCH3 is 1. The van der Waals surface area contributed by atoms with Crippen molar-refractivity contribution < 1.29 is 29.3 Å². The van der Waals surface area contributed by atoms with Crippen LogP contribution in [-0.2, 0) is 22.6 Å². The van der Waals surface area contributed by atoms with Gasteiger partial charge in [-0.1, -0.05) is 48.5 Å². The van der Waals surface area contributed by atoms with E-state index in [2.05, 4.69) is 16.7 Å². The van der Waals surface area contributed by atoms with Crippen molar-refractivity contribution in [2.45, 2.75) is 25.1 Å². The summed E-state index contributed by atoms with van der Waals surface area (Å²) < 4.78 is 11.5. The van der Waals surface area contributed by atoms with Gasteiger partial charge in [-0.2, -0.15) is 5.26 Å². The average Bonchev–Trinajstić information content (AvgIpc) is 3.00. The molecule has 1 amide bonds. The van der Waals surface area contributed by atoms with Crippen LogP contribution in [0, 0.1) is 11.3 Å². The zero-order chi connectivity index (χ0) is 29.2. The van der Waals surface area contributed by atoms with Crippen molar-refractivity contribution >= 4 is 17.6 Å². The van der Waals surface area contributed by atoms with Crippen molar-refractivity contribution in [1.29, 1.82) is 5.26 Å². The maximum Gasteiger partial charge on any atom is 0.326 e. The van der Waals surface area contributed by atoms with E-state index in [0.29, 0.717) is 40.5 Å². The summed E-state index contributed by atoms with van der Waals surface area (Å²) in [4.78, 5) is 25.7. The van der Waals surface area contributed by atoms with E-state index < -0.39 is 24.0 Å². The van der Waals surface area contributed by atoms with Crippen LogP contribution in [0.4, 0.5) is 5.69 Å². The summed E-state index contributed by atoms with van der Waals surface area (Å²) >= 11 is 0. The Labute approximate surface area is 237 Å². The van der Waals surface area contributed by atoms with Gasteiger partial charge in [0.1, 0.15) is 24.4 Å². The number of carboxylic acids is 1. The van der Waals surface area contributed by atoms with Crippen LogP contribution in [0.5, 0.6) is 17.2 Å². The van der Waals surface area contributed by atoms with Gasteiger partial charge < -0.3 is 30.3 Å². The standard InChI is InChI=1S/C32H29N3O6/c1-40-29-18-24(11-16-28(29)41-20-23-5-3-2-4-6-23)30(34-25-12-7-22(19-33)8-13-25)31(37)35-27(32(38)39)17-21-9-14-26(36)15-10-21/h2-16,18,27,30,34,36H,17,20H2,1H3,(H,35,37)(H,38,39)/t27?,30-/m0/s1. The molecule has 4 N–H and O–H groups in total. The van der Waals surface area contributed by atoms with Crippen LogP contribution < -0.4 is 20.1 Å². The number of hydrogen-bond acceptors (Lipinski definition) is 7. The van der Waals surface area contributed by atoms with E-state index in [4.69, 9.17) is 14.7 Å². The van der Waals surface area contributed by atoms with Crippen LogP contribution in [-0.4, -0.2) is 35.2 Å². The highest BCUT2D eigenvalue weighted by atomic mass is 16.5. The fourth-order valence-electron chi connectivity index (χ4n) is 4.15. The number of hydrogen-bond donors (Lipinski definition) is 4. The number of nitrogens with one attached hydrogen (secondary N) is 2. The van der Waals surface area contributed by atoms with Crippen LogP contribution in [0.15, 0.2) is 97.1 Å². The second-order valence-electron chi connectivity index (χ2n) is 9.22. The van der Waals surface area contributed by atoms with Crippen molar-refractivity contribution in [3.63, 3.8) is 0 Å². The van der Waals surface area contributed by atoms with Crippen molar-refractivity contribution in [2.24, 2.45) is 0 Å². The number of aliphatic carboxylic acids is 1. The average molecular weight is 552 g/mol. The molecule has 0 saturated heterocycles. The summed E-state index contributed by atoms with van der Waals surface area (Å²) in [6.45, 7) is 0.321. The molecule has 0 heterocycles. The lowest BCUT2D eigenvalue weighted by Crippen LogP contribution is -2.45. The maximum absolute atomic E-state index is 13.6. The van der Waals surface area contributed by atoms with Crippen molar-refractivity contribution in [2.75, 3.05) is 12.4 Å². The first-order valence-electron chi connectivity index (χ1n) is 12.8. The van der Waals surface area contributed by atoms with E-state index in [9.17, 15) is 19.8 Å². The summed E-state index contributed by atoms with van der Waals surface area (Å²) in [5, 5.41) is 34.3. The van der Waals surface area contributed by atoms with Gasteiger partial charge in [0.2, 0.25) is 5.91 Å². The summed E-state index contributed by atoms with van der Waals surface area (Å²) in [6.07, 6.45) is 0.0144. The van der Waals surface area contributed by atoms with Crippen LogP contribution in [0.2, 0.25) is 0 Å². The Morgan fingerprint density at radius 2 is 1.61 bits per heavy atom. The molecule has 0 radical (unpaired) electrons. The van der Waals surface area contributed by atoms with E-state index in [0.717, 1.165) is 5.56 Å². The van der Waals surface area contributed by atoms with Gasteiger partial charge in [-0.15, -0.1) is 0 Å². The van der Waals surface area contributed by atoms with E-state index >= 15 is 0 Å². The molecule has 0 spiro atoms. The normalized spacial score (nSPS) is 11.9. The number of phenolic OH excluding ortho intramolecular Hbond substituents is 1. The Balaban J connectivity index is 1.60. The summed E-state index contributed by atoms with van der Waals surface area (Å²) in [7, 11) is 1.50. The Bertz CT molecular complexity index is 1520.